The molecule has 0 aliphatic rings. The molecule has 0 fully saturated rings. The molecule has 1 aromatic heterocycles. The van der Waals surface area contributed by atoms with Crippen LogP contribution in [-0.2, 0) is 6.42 Å². The van der Waals surface area contributed by atoms with Gasteiger partial charge in [-0.25, -0.2) is 9.78 Å². The normalized spacial score (nSPS) is 9.64. The molecule has 0 aliphatic carbocycles. The van der Waals surface area contributed by atoms with Gasteiger partial charge >= 0.3 is 5.69 Å². The Bertz CT molecular complexity index is 294. The van der Waals surface area contributed by atoms with Crippen LogP contribution in [0.25, 0.3) is 0 Å². The minimum Gasteiger partial charge on any atom is -0.290 e. The highest BCUT2D eigenvalue weighted by atomic mass is 16.5. The van der Waals surface area contributed by atoms with Crippen molar-refractivity contribution in [2.24, 2.45) is 0 Å². The molecule has 60 valence electrons. The summed E-state index contributed by atoms with van der Waals surface area (Å²) in [6.45, 7) is 1.90. The molecule has 0 bridgehead atoms. The fourth-order valence-electron chi connectivity index (χ4n) is 0.788. The van der Waals surface area contributed by atoms with Crippen LogP contribution in [0.2, 0.25) is 0 Å². The second-order valence-electron chi connectivity index (χ2n) is 2.05. The van der Waals surface area contributed by atoms with Crippen LogP contribution in [0.5, 0.6) is 0 Å². The largest absolute Gasteiger partial charge is 0.346 e. The number of rotatable bonds is 2. The first-order chi connectivity index (χ1) is 5.27. The van der Waals surface area contributed by atoms with Gasteiger partial charge in [0, 0.05) is 11.8 Å². The number of anilines is 1. The van der Waals surface area contributed by atoms with E-state index in [1.807, 2.05) is 12.4 Å². The predicted octanol–water partition coefficient (Wildman–Crippen LogP) is 0.133. The van der Waals surface area contributed by atoms with E-state index in [1.54, 1.807) is 0 Å². The van der Waals surface area contributed by atoms with E-state index in [9.17, 15) is 4.79 Å². The Hall–Kier alpha value is -1.36. The van der Waals surface area contributed by atoms with Crippen molar-refractivity contribution in [1.82, 2.24) is 9.97 Å². The maximum absolute atomic E-state index is 10.6. The molecule has 1 heterocycles. The summed E-state index contributed by atoms with van der Waals surface area (Å²) in [5, 5.41) is 8.53. The smallest absolute Gasteiger partial charge is 0.290 e. The van der Waals surface area contributed by atoms with E-state index in [0.717, 1.165) is 5.56 Å². The van der Waals surface area contributed by atoms with Crippen LogP contribution in [0, 0.1) is 0 Å². The predicted molar refractivity (Wildman–Crippen MR) is 39.6 cm³/mol. The van der Waals surface area contributed by atoms with Gasteiger partial charge in [-0.05, 0) is 6.42 Å². The number of nitrogens with one attached hydrogen (secondary N) is 2. The summed E-state index contributed by atoms with van der Waals surface area (Å²) in [7, 11) is 0. The zero-order chi connectivity index (χ0) is 8.27. The second kappa shape index (κ2) is 3.16. The molecule has 5 nitrogen and oxygen atoms in total. The van der Waals surface area contributed by atoms with E-state index < -0.39 is 5.69 Å². The first kappa shape index (κ1) is 7.74. The Morgan fingerprint density at radius 3 is 3.09 bits per heavy atom. The van der Waals surface area contributed by atoms with Gasteiger partial charge in [0.05, 0.1) is 0 Å². The second-order valence-corrected chi connectivity index (χ2v) is 2.05. The Morgan fingerprint density at radius 1 is 1.82 bits per heavy atom. The number of aryl methyl sites for hydroxylation is 1. The van der Waals surface area contributed by atoms with Crippen molar-refractivity contribution in [2.75, 3.05) is 5.48 Å². The van der Waals surface area contributed by atoms with Crippen LogP contribution >= 0.6 is 0 Å². The average Bonchev–Trinajstić information content (AvgIpc) is 2.04. The van der Waals surface area contributed by atoms with Crippen molar-refractivity contribution < 1.29 is 5.21 Å². The molecule has 0 saturated heterocycles. The van der Waals surface area contributed by atoms with Gasteiger partial charge in [-0.3, -0.25) is 15.7 Å². The molecule has 11 heavy (non-hydrogen) atoms. The fraction of sp³-hybridized carbons (Fsp3) is 0.333. The van der Waals surface area contributed by atoms with Gasteiger partial charge in [0.25, 0.3) is 0 Å². The van der Waals surface area contributed by atoms with Gasteiger partial charge in [-0.2, -0.15) is 0 Å². The summed E-state index contributed by atoms with van der Waals surface area (Å²) < 4.78 is 0. The minimum absolute atomic E-state index is 0.313. The molecule has 1 rings (SSSR count). The molecule has 3 N–H and O–H groups in total. The van der Waals surface area contributed by atoms with Crippen LogP contribution in [0.1, 0.15) is 12.5 Å². The zero-order valence-corrected chi connectivity index (χ0v) is 6.09. The van der Waals surface area contributed by atoms with Gasteiger partial charge in [0.1, 0.15) is 5.82 Å². The van der Waals surface area contributed by atoms with E-state index in [0.29, 0.717) is 12.2 Å². The summed E-state index contributed by atoms with van der Waals surface area (Å²) in [6, 6.07) is 0. The standard InChI is InChI=1S/C6H9N3O2/c1-2-4-3-7-6(10)8-5(4)9-11/h3,11H,2H2,1H3,(H2,7,8,9,10). The minimum atomic E-state index is -0.473. The first-order valence-electron chi connectivity index (χ1n) is 3.26. The van der Waals surface area contributed by atoms with Crippen LogP contribution in [-0.4, -0.2) is 15.2 Å². The maximum atomic E-state index is 10.6. The van der Waals surface area contributed by atoms with Gasteiger partial charge < -0.3 is 0 Å². The summed E-state index contributed by atoms with van der Waals surface area (Å²) in [6.07, 6.45) is 2.13. The Morgan fingerprint density at radius 2 is 2.55 bits per heavy atom. The lowest BCUT2D eigenvalue weighted by molar-refractivity contribution is 0.384. The highest BCUT2D eigenvalue weighted by Gasteiger charge is 1.99. The third kappa shape index (κ3) is 1.56. The molecule has 1 aromatic rings. The number of aromatic nitrogens is 2. The van der Waals surface area contributed by atoms with Gasteiger partial charge in [-0.15, -0.1) is 0 Å². The van der Waals surface area contributed by atoms with Crippen LogP contribution in [0.3, 0.4) is 0 Å². The lowest BCUT2D eigenvalue weighted by Gasteiger charge is -2.02. The van der Waals surface area contributed by atoms with Crippen molar-refractivity contribution >= 4 is 5.82 Å². The zero-order valence-electron chi connectivity index (χ0n) is 6.09. The highest BCUT2D eigenvalue weighted by molar-refractivity contribution is 5.39. The van der Waals surface area contributed by atoms with Gasteiger partial charge in [0.2, 0.25) is 0 Å². The molecule has 5 heteroatoms. The number of hydrogen-bond acceptors (Lipinski definition) is 4. The molecule has 0 spiro atoms. The Balaban J connectivity index is 3.16. The molecule has 0 unspecified atom stereocenters. The molecule has 0 atom stereocenters. The molecule has 0 aliphatic heterocycles. The van der Waals surface area contributed by atoms with Crippen LogP contribution < -0.4 is 11.2 Å². The summed E-state index contributed by atoms with van der Waals surface area (Å²) in [4.78, 5) is 16.4. The monoisotopic (exact) mass is 155 g/mol. The molecule has 0 amide bonds. The van der Waals surface area contributed by atoms with Crippen molar-refractivity contribution in [3.63, 3.8) is 0 Å². The summed E-state index contributed by atoms with van der Waals surface area (Å²) in [5.74, 6) is 0.313. The first-order valence-corrected chi connectivity index (χ1v) is 3.26. The van der Waals surface area contributed by atoms with Crippen molar-refractivity contribution in [2.45, 2.75) is 13.3 Å². The van der Waals surface area contributed by atoms with Gasteiger partial charge in [0.15, 0.2) is 0 Å². The summed E-state index contributed by atoms with van der Waals surface area (Å²) >= 11 is 0. The van der Waals surface area contributed by atoms with Crippen molar-refractivity contribution in [1.29, 1.82) is 0 Å². The molecular formula is C6H9N3O2. The molecular weight excluding hydrogens is 146 g/mol. The van der Waals surface area contributed by atoms with Crippen molar-refractivity contribution in [3.8, 4) is 0 Å². The van der Waals surface area contributed by atoms with Crippen LogP contribution in [0.15, 0.2) is 11.0 Å². The van der Waals surface area contributed by atoms with Crippen molar-refractivity contribution in [3.05, 3.63) is 22.2 Å². The maximum Gasteiger partial charge on any atom is 0.346 e. The van der Waals surface area contributed by atoms with E-state index in [-0.39, 0.29) is 0 Å². The fourth-order valence-corrected chi connectivity index (χ4v) is 0.788. The molecule has 0 aromatic carbocycles. The lowest BCUT2D eigenvalue weighted by Crippen LogP contribution is -2.13. The SMILES string of the molecule is CCc1cnc(=O)[nH]c1NO. The Kier molecular flexibility index (Phi) is 2.22. The Labute approximate surface area is 63.1 Å². The number of aromatic amines is 1. The van der Waals surface area contributed by atoms with E-state index >= 15 is 0 Å². The van der Waals surface area contributed by atoms with Gasteiger partial charge in [-0.1, -0.05) is 6.92 Å². The van der Waals surface area contributed by atoms with E-state index in [4.69, 9.17) is 5.21 Å². The van der Waals surface area contributed by atoms with E-state index in [1.165, 1.54) is 6.20 Å². The highest BCUT2D eigenvalue weighted by Crippen LogP contribution is 2.06. The number of nitrogens with zero attached hydrogens (tertiary/aromatic N) is 1. The lowest BCUT2D eigenvalue weighted by atomic mass is 10.2. The van der Waals surface area contributed by atoms with Crippen LogP contribution in [0.4, 0.5) is 5.82 Å². The third-order valence-electron chi connectivity index (χ3n) is 1.38. The molecule has 0 radical (unpaired) electrons. The average molecular weight is 155 g/mol. The third-order valence-corrected chi connectivity index (χ3v) is 1.38. The topological polar surface area (TPSA) is 78.0 Å². The summed E-state index contributed by atoms with van der Waals surface area (Å²) in [5.41, 5.74) is 2.19. The number of hydrogen-bond donors (Lipinski definition) is 3. The molecule has 0 saturated carbocycles. The quantitative estimate of drug-likeness (QED) is 0.530. The number of H-pyrrole nitrogens is 1. The van der Waals surface area contributed by atoms with E-state index in [2.05, 4.69) is 9.97 Å².